The Morgan fingerprint density at radius 1 is 0.683 bits per heavy atom. The molecule has 0 atom stereocenters. The van der Waals surface area contributed by atoms with E-state index in [-0.39, 0.29) is 24.2 Å². The summed E-state index contributed by atoms with van der Waals surface area (Å²) in [7, 11) is 0. The van der Waals surface area contributed by atoms with Crippen molar-refractivity contribution >= 4 is 10.8 Å². The van der Waals surface area contributed by atoms with E-state index in [0.29, 0.717) is 41.3 Å². The lowest BCUT2D eigenvalue weighted by molar-refractivity contribution is -0.0522. The molecule has 0 saturated heterocycles. The molecule has 4 rings (SSSR count). The van der Waals surface area contributed by atoms with Crippen molar-refractivity contribution in [2.75, 3.05) is 6.61 Å². The van der Waals surface area contributed by atoms with Crippen molar-refractivity contribution in [2.24, 2.45) is 0 Å². The summed E-state index contributed by atoms with van der Waals surface area (Å²) < 4.78 is 92.8. The normalized spacial score (nSPS) is 11.4. The highest BCUT2D eigenvalue weighted by Crippen LogP contribution is 2.27. The van der Waals surface area contributed by atoms with Gasteiger partial charge in [0, 0.05) is 23.1 Å². The van der Waals surface area contributed by atoms with Gasteiger partial charge in [-0.3, -0.25) is 0 Å². The molecule has 0 spiro atoms. The van der Waals surface area contributed by atoms with Gasteiger partial charge in [-0.25, -0.2) is 17.6 Å². The Morgan fingerprint density at radius 2 is 1.39 bits per heavy atom. The summed E-state index contributed by atoms with van der Waals surface area (Å²) >= 11 is 0. The van der Waals surface area contributed by atoms with Crippen LogP contribution < -0.4 is 9.47 Å². The van der Waals surface area contributed by atoms with E-state index in [4.69, 9.17) is 4.74 Å². The zero-order valence-corrected chi connectivity index (χ0v) is 22.8. The Balaban J connectivity index is 1.38. The summed E-state index contributed by atoms with van der Waals surface area (Å²) in [6.45, 7) is -0.604. The molecule has 0 heterocycles. The van der Waals surface area contributed by atoms with Crippen molar-refractivity contribution in [3.63, 3.8) is 0 Å². The Labute approximate surface area is 235 Å². The standard InChI is InChI=1S/C33H32F6O2/c1-2-3-4-5-16-40-25-19-28(34)27(29(35)20-25)14-8-21-7-13-26-24(17-21)12-11-23(32(26)37)10-6-22-9-15-31(30(36)18-22)41-33(38)39/h7,9,11-13,15,17-20,33H,2-6,8,10,14,16H2,1H3. The fraction of sp³-hybridized carbons (Fsp3) is 0.333. The fourth-order valence-corrected chi connectivity index (χ4v) is 4.80. The summed E-state index contributed by atoms with van der Waals surface area (Å²) in [5.74, 6) is -2.98. The quantitative estimate of drug-likeness (QED) is 0.110. The van der Waals surface area contributed by atoms with Crippen molar-refractivity contribution in [1.82, 2.24) is 0 Å². The summed E-state index contributed by atoms with van der Waals surface area (Å²) in [4.78, 5) is 0. The lowest BCUT2D eigenvalue weighted by Crippen LogP contribution is -2.04. The summed E-state index contributed by atoms with van der Waals surface area (Å²) in [6, 6.07) is 14.7. The van der Waals surface area contributed by atoms with E-state index in [1.807, 2.05) is 0 Å². The van der Waals surface area contributed by atoms with E-state index in [1.165, 1.54) is 18.2 Å². The van der Waals surface area contributed by atoms with E-state index in [2.05, 4.69) is 11.7 Å². The molecule has 0 aromatic heterocycles. The first-order valence-corrected chi connectivity index (χ1v) is 13.8. The molecule has 0 aliphatic rings. The Bertz CT molecular complexity index is 1450. The first kappa shape index (κ1) is 30.3. The van der Waals surface area contributed by atoms with Crippen molar-refractivity contribution in [1.29, 1.82) is 0 Å². The number of ether oxygens (including phenoxy) is 2. The van der Waals surface area contributed by atoms with Crippen molar-refractivity contribution in [2.45, 2.75) is 64.9 Å². The highest BCUT2D eigenvalue weighted by Gasteiger charge is 2.14. The van der Waals surface area contributed by atoms with Crippen molar-refractivity contribution in [3.05, 3.63) is 106 Å². The number of fused-ring (bicyclic) bond motifs is 1. The lowest BCUT2D eigenvalue weighted by Gasteiger charge is -2.11. The Kier molecular flexibility index (Phi) is 10.6. The van der Waals surface area contributed by atoms with E-state index < -0.39 is 35.6 Å². The predicted molar refractivity (Wildman–Crippen MR) is 148 cm³/mol. The molecule has 8 heteroatoms. The largest absolute Gasteiger partial charge is 0.493 e. The number of unbranched alkanes of at least 4 members (excludes halogenated alkanes) is 3. The van der Waals surface area contributed by atoms with Gasteiger partial charge in [0.25, 0.3) is 0 Å². The fourth-order valence-electron chi connectivity index (χ4n) is 4.80. The molecule has 2 nitrogen and oxygen atoms in total. The lowest BCUT2D eigenvalue weighted by atomic mass is 9.97. The van der Waals surface area contributed by atoms with Gasteiger partial charge >= 0.3 is 6.61 Å². The zero-order valence-electron chi connectivity index (χ0n) is 22.8. The number of benzene rings is 4. The summed E-state index contributed by atoms with van der Waals surface area (Å²) in [5, 5.41) is 1.05. The SMILES string of the molecule is CCCCCCOc1cc(F)c(CCc2ccc3c(F)c(CCc4ccc(OC(F)F)c(F)c4)ccc3c2)c(F)c1. The molecule has 0 fully saturated rings. The first-order valence-electron chi connectivity index (χ1n) is 13.8. The van der Waals surface area contributed by atoms with Gasteiger partial charge in [0.1, 0.15) is 23.2 Å². The summed E-state index contributed by atoms with van der Waals surface area (Å²) in [5.41, 5.74) is 1.73. The van der Waals surface area contributed by atoms with Crippen LogP contribution in [0.5, 0.6) is 11.5 Å². The predicted octanol–water partition coefficient (Wildman–Crippen LogP) is 9.53. The Morgan fingerprint density at radius 3 is 2.10 bits per heavy atom. The molecule has 0 bridgehead atoms. The van der Waals surface area contributed by atoms with Gasteiger partial charge in [0.15, 0.2) is 11.6 Å². The van der Waals surface area contributed by atoms with Crippen LogP contribution >= 0.6 is 0 Å². The molecule has 0 aliphatic heterocycles. The third-order valence-corrected chi connectivity index (χ3v) is 7.04. The van der Waals surface area contributed by atoms with Crippen LogP contribution in [0.25, 0.3) is 10.8 Å². The maximum absolute atomic E-state index is 15.2. The number of alkyl halides is 2. The van der Waals surface area contributed by atoms with Crippen LogP contribution in [0.3, 0.4) is 0 Å². The number of hydrogen-bond donors (Lipinski definition) is 0. The molecule has 0 aliphatic carbocycles. The smallest absolute Gasteiger partial charge is 0.387 e. The van der Waals surface area contributed by atoms with Crippen molar-refractivity contribution < 1.29 is 35.8 Å². The molecule has 0 radical (unpaired) electrons. The maximum atomic E-state index is 15.2. The molecule has 218 valence electrons. The molecular weight excluding hydrogens is 542 g/mol. The van der Waals surface area contributed by atoms with Gasteiger partial charge in [-0.15, -0.1) is 0 Å². The van der Waals surface area contributed by atoms with Gasteiger partial charge in [0.05, 0.1) is 6.61 Å². The number of aryl methyl sites for hydroxylation is 3. The molecule has 4 aromatic carbocycles. The van der Waals surface area contributed by atoms with Gasteiger partial charge in [-0.05, 0) is 66.3 Å². The second-order valence-electron chi connectivity index (χ2n) is 10.0. The maximum Gasteiger partial charge on any atom is 0.387 e. The number of rotatable bonds is 14. The third kappa shape index (κ3) is 8.18. The van der Waals surface area contributed by atoms with Gasteiger partial charge < -0.3 is 9.47 Å². The second kappa shape index (κ2) is 14.3. The van der Waals surface area contributed by atoms with E-state index in [9.17, 15) is 22.0 Å². The first-order chi connectivity index (χ1) is 19.7. The molecular formula is C33H32F6O2. The van der Waals surface area contributed by atoms with Crippen LogP contribution in [0.2, 0.25) is 0 Å². The third-order valence-electron chi connectivity index (χ3n) is 7.04. The van der Waals surface area contributed by atoms with Crippen LogP contribution in [0.1, 0.15) is 54.9 Å². The Hall–Kier alpha value is -3.68. The average Bonchev–Trinajstić information content (AvgIpc) is 2.93. The van der Waals surface area contributed by atoms with Crippen molar-refractivity contribution in [3.8, 4) is 11.5 Å². The van der Waals surface area contributed by atoms with Gasteiger partial charge in [-0.2, -0.15) is 8.78 Å². The molecule has 0 unspecified atom stereocenters. The zero-order chi connectivity index (χ0) is 29.4. The van der Waals surface area contributed by atoms with Crippen LogP contribution in [0, 0.1) is 23.3 Å². The number of halogens is 6. The highest BCUT2D eigenvalue weighted by atomic mass is 19.3. The second-order valence-corrected chi connectivity index (χ2v) is 10.0. The molecule has 0 saturated carbocycles. The minimum Gasteiger partial charge on any atom is -0.493 e. The average molecular weight is 575 g/mol. The van der Waals surface area contributed by atoms with Crippen LogP contribution in [0.15, 0.2) is 60.7 Å². The van der Waals surface area contributed by atoms with Crippen LogP contribution in [-0.2, 0) is 25.7 Å². The van der Waals surface area contributed by atoms with Gasteiger partial charge in [0.2, 0.25) is 0 Å². The molecule has 0 amide bonds. The molecule has 0 N–H and O–H groups in total. The van der Waals surface area contributed by atoms with Gasteiger partial charge in [-0.1, -0.05) is 62.6 Å². The number of hydrogen-bond acceptors (Lipinski definition) is 2. The monoisotopic (exact) mass is 574 g/mol. The van der Waals surface area contributed by atoms with E-state index in [0.717, 1.165) is 43.4 Å². The van der Waals surface area contributed by atoms with E-state index >= 15 is 4.39 Å². The topological polar surface area (TPSA) is 18.5 Å². The molecule has 4 aromatic rings. The minimum absolute atomic E-state index is 0.0183. The highest BCUT2D eigenvalue weighted by molar-refractivity contribution is 5.84. The van der Waals surface area contributed by atoms with E-state index in [1.54, 1.807) is 30.3 Å². The summed E-state index contributed by atoms with van der Waals surface area (Å²) in [6.07, 6.45) is 5.10. The minimum atomic E-state index is -3.12. The van der Waals surface area contributed by atoms with Crippen LogP contribution in [0.4, 0.5) is 26.3 Å². The molecule has 41 heavy (non-hydrogen) atoms. The van der Waals surface area contributed by atoms with Crippen LogP contribution in [-0.4, -0.2) is 13.2 Å².